The first-order valence-electron chi connectivity index (χ1n) is 11.4. The second-order valence-electron chi connectivity index (χ2n) is 8.56. The number of amides is 1. The van der Waals surface area contributed by atoms with Crippen molar-refractivity contribution in [3.63, 3.8) is 0 Å². The van der Waals surface area contributed by atoms with E-state index in [1.54, 1.807) is 4.57 Å². The molecule has 9 heteroatoms. The van der Waals surface area contributed by atoms with Crippen molar-refractivity contribution in [2.75, 3.05) is 22.6 Å². The summed E-state index contributed by atoms with van der Waals surface area (Å²) in [5, 5.41) is 15.3. The Morgan fingerprint density at radius 3 is 2.34 bits per heavy atom. The number of aromatic nitrogens is 3. The summed E-state index contributed by atoms with van der Waals surface area (Å²) in [6.07, 6.45) is 2.22. The summed E-state index contributed by atoms with van der Waals surface area (Å²) in [6, 6.07) is 26.2. The lowest BCUT2D eigenvalue weighted by atomic mass is 9.84. The topological polar surface area (TPSA) is 75.1 Å². The first kappa shape index (κ1) is 23.3. The monoisotopic (exact) mass is 502 g/mol. The average Bonchev–Trinajstić information content (AvgIpc) is 3.20. The number of anilines is 3. The van der Waals surface area contributed by atoms with Gasteiger partial charge in [-0.1, -0.05) is 30.3 Å². The summed E-state index contributed by atoms with van der Waals surface area (Å²) in [7, 11) is 2.14. The van der Waals surface area contributed by atoms with Crippen molar-refractivity contribution >= 4 is 48.2 Å². The van der Waals surface area contributed by atoms with Gasteiger partial charge in [0, 0.05) is 41.8 Å². The fraction of sp³-hybridized carbons (Fsp3) is 0.192. The van der Waals surface area contributed by atoms with Crippen molar-refractivity contribution in [2.45, 2.75) is 35.2 Å². The van der Waals surface area contributed by atoms with Gasteiger partial charge in [0.15, 0.2) is 10.3 Å². The van der Waals surface area contributed by atoms with Crippen molar-refractivity contribution in [1.82, 2.24) is 14.8 Å². The quantitative estimate of drug-likeness (QED) is 0.262. The maximum atomic E-state index is 13.0. The molecule has 5 rings (SSSR count). The van der Waals surface area contributed by atoms with Crippen molar-refractivity contribution < 1.29 is 4.79 Å². The molecule has 1 fully saturated rings. The lowest BCUT2D eigenvalue weighted by Gasteiger charge is -2.44. The van der Waals surface area contributed by atoms with Crippen LogP contribution in [0.3, 0.4) is 0 Å². The molecule has 7 nitrogen and oxygen atoms in total. The molecule has 1 aromatic heterocycles. The standard InChI is InChI=1S/C26H26N6OS2/c1-31(20-10-3-2-4-11-20)23-14-13-22(23)27-18-8-5-7-17(15-18)24(33)28-19-9-6-12-21(16-19)32-25(34)29-30-26(32)35/h2-12,15-16,22-23,27H,13-14H2,1H3,(H,28,33)(H,29,34)(H,30,35). The highest BCUT2D eigenvalue weighted by Crippen LogP contribution is 2.31. The molecule has 178 valence electrons. The van der Waals surface area contributed by atoms with Crippen molar-refractivity contribution in [2.24, 2.45) is 0 Å². The molecule has 1 aliphatic carbocycles. The SMILES string of the molecule is CN(c1ccccc1)C1CCC1Nc1cccc(C(=O)Nc2cccc(-n3c(S)nnc3S)c2)c1. The molecule has 0 bridgehead atoms. The molecule has 1 aliphatic rings. The number of hydrogen-bond donors (Lipinski definition) is 4. The molecule has 2 unspecified atom stereocenters. The third-order valence-corrected chi connectivity index (χ3v) is 6.95. The summed E-state index contributed by atoms with van der Waals surface area (Å²) in [5.74, 6) is -0.182. The smallest absolute Gasteiger partial charge is 0.255 e. The van der Waals surface area contributed by atoms with E-state index in [4.69, 9.17) is 0 Å². The van der Waals surface area contributed by atoms with Gasteiger partial charge in [-0.3, -0.25) is 9.36 Å². The summed E-state index contributed by atoms with van der Waals surface area (Å²) in [4.78, 5) is 15.3. The van der Waals surface area contributed by atoms with E-state index in [-0.39, 0.29) is 5.91 Å². The lowest BCUT2D eigenvalue weighted by Crippen LogP contribution is -2.52. The van der Waals surface area contributed by atoms with E-state index >= 15 is 0 Å². The third-order valence-electron chi connectivity index (χ3n) is 6.37. The Morgan fingerprint density at radius 2 is 1.63 bits per heavy atom. The predicted octanol–water partition coefficient (Wildman–Crippen LogP) is 5.18. The van der Waals surface area contributed by atoms with E-state index in [1.807, 2.05) is 54.6 Å². The normalized spacial score (nSPS) is 16.9. The van der Waals surface area contributed by atoms with Crippen molar-refractivity contribution in [3.8, 4) is 5.69 Å². The molecule has 2 atom stereocenters. The molecule has 1 saturated carbocycles. The van der Waals surface area contributed by atoms with Crippen LogP contribution in [-0.4, -0.2) is 39.8 Å². The molecule has 2 N–H and O–H groups in total. The van der Waals surface area contributed by atoms with Gasteiger partial charge in [0.05, 0.1) is 5.69 Å². The minimum Gasteiger partial charge on any atom is -0.380 e. The predicted molar refractivity (Wildman–Crippen MR) is 146 cm³/mol. The van der Waals surface area contributed by atoms with E-state index in [9.17, 15) is 4.79 Å². The molecule has 0 radical (unpaired) electrons. The van der Waals surface area contributed by atoms with Gasteiger partial charge in [0.25, 0.3) is 5.91 Å². The Balaban J connectivity index is 1.26. The van der Waals surface area contributed by atoms with E-state index in [1.165, 1.54) is 5.69 Å². The average molecular weight is 503 g/mol. The van der Waals surface area contributed by atoms with Gasteiger partial charge >= 0.3 is 0 Å². The second-order valence-corrected chi connectivity index (χ2v) is 9.36. The largest absolute Gasteiger partial charge is 0.380 e. The zero-order valence-corrected chi connectivity index (χ0v) is 21.0. The van der Waals surface area contributed by atoms with Gasteiger partial charge in [-0.15, -0.1) is 35.5 Å². The number of nitrogens with zero attached hydrogens (tertiary/aromatic N) is 4. The molecule has 0 aliphatic heterocycles. The summed E-state index contributed by atoms with van der Waals surface area (Å²) >= 11 is 8.65. The van der Waals surface area contributed by atoms with Crippen LogP contribution in [0.5, 0.6) is 0 Å². The van der Waals surface area contributed by atoms with Crippen LogP contribution in [0.4, 0.5) is 17.1 Å². The maximum absolute atomic E-state index is 13.0. The van der Waals surface area contributed by atoms with E-state index < -0.39 is 0 Å². The highest BCUT2D eigenvalue weighted by molar-refractivity contribution is 7.80. The first-order valence-corrected chi connectivity index (χ1v) is 12.3. The molecule has 0 spiro atoms. The van der Waals surface area contributed by atoms with E-state index in [2.05, 4.69) is 82.3 Å². The fourth-order valence-corrected chi connectivity index (χ4v) is 4.95. The Kier molecular flexibility index (Phi) is 6.70. The van der Waals surface area contributed by atoms with E-state index in [0.29, 0.717) is 33.6 Å². The number of para-hydroxylation sites is 1. The number of carbonyl (C=O) groups excluding carboxylic acids is 1. The van der Waals surface area contributed by atoms with E-state index in [0.717, 1.165) is 24.2 Å². The van der Waals surface area contributed by atoms with Crippen molar-refractivity contribution in [3.05, 3.63) is 84.4 Å². The van der Waals surface area contributed by atoms with Gasteiger partial charge < -0.3 is 15.5 Å². The third kappa shape index (κ3) is 5.01. The minimum atomic E-state index is -0.182. The molecule has 3 aromatic carbocycles. The number of rotatable bonds is 7. The van der Waals surface area contributed by atoms with Crippen LogP contribution in [-0.2, 0) is 0 Å². The van der Waals surface area contributed by atoms with Gasteiger partial charge in [0.1, 0.15) is 0 Å². The van der Waals surface area contributed by atoms with Gasteiger partial charge in [0.2, 0.25) is 0 Å². The molecular weight excluding hydrogens is 476 g/mol. The number of nitrogens with one attached hydrogen (secondary N) is 2. The maximum Gasteiger partial charge on any atom is 0.255 e. The highest BCUT2D eigenvalue weighted by atomic mass is 32.1. The Labute approximate surface area is 215 Å². The van der Waals surface area contributed by atoms with Crippen molar-refractivity contribution in [1.29, 1.82) is 0 Å². The molecule has 4 aromatic rings. The number of likely N-dealkylation sites (N-methyl/N-ethyl adjacent to an activating group) is 1. The molecule has 0 saturated heterocycles. The first-order chi connectivity index (χ1) is 17.0. The number of benzene rings is 3. The van der Waals surface area contributed by atoms with Crippen LogP contribution in [0.15, 0.2) is 89.2 Å². The van der Waals surface area contributed by atoms with Gasteiger partial charge in [-0.2, -0.15) is 0 Å². The highest BCUT2D eigenvalue weighted by Gasteiger charge is 2.34. The van der Waals surface area contributed by atoms with Crippen LogP contribution in [0.2, 0.25) is 0 Å². The van der Waals surface area contributed by atoms with Crippen LogP contribution >= 0.6 is 25.3 Å². The van der Waals surface area contributed by atoms with Crippen LogP contribution in [0.25, 0.3) is 5.69 Å². The van der Waals surface area contributed by atoms with Gasteiger partial charge in [-0.25, -0.2) is 0 Å². The minimum absolute atomic E-state index is 0.182. The molecule has 1 heterocycles. The molecular formula is C26H26N6OS2. The number of hydrogen-bond acceptors (Lipinski definition) is 7. The summed E-state index contributed by atoms with van der Waals surface area (Å²) in [5.41, 5.74) is 4.15. The molecule has 35 heavy (non-hydrogen) atoms. The Morgan fingerprint density at radius 1 is 0.914 bits per heavy atom. The zero-order valence-electron chi connectivity index (χ0n) is 19.2. The summed E-state index contributed by atoms with van der Waals surface area (Å²) < 4.78 is 1.69. The fourth-order valence-electron chi connectivity index (χ4n) is 4.36. The number of carbonyl (C=O) groups is 1. The zero-order chi connectivity index (χ0) is 24.4. The molecule has 1 amide bonds. The van der Waals surface area contributed by atoms with Gasteiger partial charge in [-0.05, 0) is 61.4 Å². The lowest BCUT2D eigenvalue weighted by molar-refractivity contribution is 0.102. The Hall–Kier alpha value is -3.43. The Bertz CT molecular complexity index is 1320. The summed E-state index contributed by atoms with van der Waals surface area (Å²) in [6.45, 7) is 0. The van der Waals surface area contributed by atoms with Crippen LogP contribution in [0, 0.1) is 0 Å². The van der Waals surface area contributed by atoms with Crippen LogP contribution in [0.1, 0.15) is 23.2 Å². The second kappa shape index (κ2) is 10.1. The van der Waals surface area contributed by atoms with Crippen LogP contribution < -0.4 is 15.5 Å². The number of thiol groups is 2.